The minimum Gasteiger partial charge on any atom is -0.127 e. The fraction of sp³-hybridized carbons (Fsp3) is 0.273. The third-order valence-corrected chi connectivity index (χ3v) is 5.57. The first-order chi connectivity index (χ1) is 11.2. The van der Waals surface area contributed by atoms with Gasteiger partial charge in [-0.25, -0.2) is 0 Å². The summed E-state index contributed by atoms with van der Waals surface area (Å²) < 4.78 is 0. The van der Waals surface area contributed by atoms with Gasteiger partial charge in [0.25, 0.3) is 0 Å². The van der Waals surface area contributed by atoms with Crippen LogP contribution in [0.5, 0.6) is 0 Å². The maximum atomic E-state index is 3.54. The Kier molecular flexibility index (Phi) is 4.08. The average Bonchev–Trinajstić information content (AvgIpc) is 2.77. The number of rotatable bonds is 0. The van der Waals surface area contributed by atoms with Crippen molar-refractivity contribution >= 4 is 38.1 Å². The van der Waals surface area contributed by atoms with Crippen LogP contribution in [0.4, 0.5) is 0 Å². The molecule has 0 aliphatic heterocycles. The summed E-state index contributed by atoms with van der Waals surface area (Å²) in [4.78, 5) is 0. The van der Waals surface area contributed by atoms with Crippen LogP contribution in [0.2, 0.25) is 39.3 Å². The molecule has 2 aromatic carbocycles. The van der Waals surface area contributed by atoms with Crippen molar-refractivity contribution in [3.63, 3.8) is 0 Å². The monoisotopic (exact) mass is 344 g/mol. The summed E-state index contributed by atoms with van der Waals surface area (Å²) >= 11 is 0. The van der Waals surface area contributed by atoms with Gasteiger partial charge in [-0.3, -0.25) is 0 Å². The van der Waals surface area contributed by atoms with Gasteiger partial charge in [0, 0.05) is 11.1 Å². The van der Waals surface area contributed by atoms with E-state index in [9.17, 15) is 0 Å². The molecule has 0 amide bonds. The molecule has 1 aliphatic carbocycles. The van der Waals surface area contributed by atoms with E-state index in [1.54, 1.807) is 0 Å². The predicted molar refractivity (Wildman–Crippen MR) is 113 cm³/mol. The van der Waals surface area contributed by atoms with Gasteiger partial charge in [0.2, 0.25) is 0 Å². The second-order valence-electron chi connectivity index (χ2n) is 8.46. The van der Waals surface area contributed by atoms with E-state index in [0.717, 1.165) is 11.1 Å². The van der Waals surface area contributed by atoms with Gasteiger partial charge in [0.05, 0.1) is 0 Å². The highest BCUT2D eigenvalue weighted by Gasteiger charge is 2.22. The molecule has 120 valence electrons. The van der Waals surface area contributed by atoms with Crippen molar-refractivity contribution in [3.05, 3.63) is 47.5 Å². The lowest BCUT2D eigenvalue weighted by molar-refractivity contribution is 1.71. The van der Waals surface area contributed by atoms with Crippen LogP contribution in [-0.4, -0.2) is 16.1 Å². The van der Waals surface area contributed by atoms with Crippen LogP contribution in [0, 0.1) is 22.9 Å². The standard InChI is InChI=1S/C22H24Si2/c1-23(2,3)15-13-18-19(14-16-24(4,5)6)21-12-8-10-17-9-7-11-20(18)22(17)21/h7-12H,1-6H3. The van der Waals surface area contributed by atoms with Crippen LogP contribution in [0.15, 0.2) is 36.4 Å². The lowest BCUT2D eigenvalue weighted by Crippen LogP contribution is -2.16. The van der Waals surface area contributed by atoms with Crippen molar-refractivity contribution in [2.24, 2.45) is 0 Å². The largest absolute Gasteiger partial charge is 0.129 e. The minimum atomic E-state index is -1.44. The van der Waals surface area contributed by atoms with Crippen molar-refractivity contribution in [2.45, 2.75) is 39.3 Å². The quantitative estimate of drug-likeness (QED) is 0.417. The van der Waals surface area contributed by atoms with Crippen LogP contribution in [0.1, 0.15) is 11.1 Å². The van der Waals surface area contributed by atoms with E-state index in [1.807, 2.05) is 0 Å². The van der Waals surface area contributed by atoms with Crippen LogP contribution < -0.4 is 0 Å². The number of hydrogen-bond acceptors (Lipinski definition) is 0. The highest BCUT2D eigenvalue weighted by molar-refractivity contribution is 6.84. The fourth-order valence-electron chi connectivity index (χ4n) is 2.79. The lowest BCUT2D eigenvalue weighted by Gasteiger charge is -2.05. The third-order valence-electron chi connectivity index (χ3n) is 3.82. The summed E-state index contributed by atoms with van der Waals surface area (Å²) in [5.41, 5.74) is 11.9. The molecule has 2 heteroatoms. The Labute approximate surface area is 148 Å². The number of allylic oxidation sites excluding steroid dienone is 2. The Bertz CT molecular complexity index is 896. The molecule has 0 unspecified atom stereocenters. The Morgan fingerprint density at radius 2 is 1.04 bits per heavy atom. The highest BCUT2D eigenvalue weighted by atomic mass is 28.3. The number of benzene rings is 2. The van der Waals surface area contributed by atoms with E-state index in [-0.39, 0.29) is 0 Å². The molecule has 0 radical (unpaired) electrons. The van der Waals surface area contributed by atoms with Gasteiger partial charge in [0.15, 0.2) is 0 Å². The normalized spacial score (nSPS) is 13.4. The number of hydrogen-bond donors (Lipinski definition) is 0. The van der Waals surface area contributed by atoms with E-state index in [0.29, 0.717) is 0 Å². The molecule has 0 aromatic heterocycles. The summed E-state index contributed by atoms with van der Waals surface area (Å²) in [7, 11) is -2.87. The topological polar surface area (TPSA) is 0 Å². The van der Waals surface area contributed by atoms with Gasteiger partial charge < -0.3 is 0 Å². The molecule has 0 bridgehead atoms. The van der Waals surface area contributed by atoms with Crippen LogP contribution >= 0.6 is 0 Å². The van der Waals surface area contributed by atoms with E-state index in [1.165, 1.54) is 21.9 Å². The van der Waals surface area contributed by atoms with E-state index < -0.39 is 16.1 Å². The first kappa shape index (κ1) is 16.8. The molecule has 0 nitrogen and oxygen atoms in total. The third kappa shape index (κ3) is 3.41. The molecule has 0 spiro atoms. The van der Waals surface area contributed by atoms with Crippen molar-refractivity contribution in [3.8, 4) is 22.9 Å². The summed E-state index contributed by atoms with van der Waals surface area (Å²) in [6.45, 7) is 13.7. The Balaban J connectivity index is 2.30. The molecule has 2 aromatic rings. The zero-order valence-corrected chi connectivity index (χ0v) is 17.5. The van der Waals surface area contributed by atoms with E-state index in [4.69, 9.17) is 0 Å². The molecule has 24 heavy (non-hydrogen) atoms. The first-order valence-electron chi connectivity index (χ1n) is 8.49. The molecule has 1 aliphatic rings. The molecule has 0 saturated heterocycles. The van der Waals surface area contributed by atoms with Crippen molar-refractivity contribution < 1.29 is 0 Å². The summed E-state index contributed by atoms with van der Waals surface area (Å²) in [5.74, 6) is 7.04. The van der Waals surface area contributed by atoms with Crippen molar-refractivity contribution in [2.75, 3.05) is 0 Å². The fourth-order valence-corrected chi connectivity index (χ4v) is 3.79. The summed E-state index contributed by atoms with van der Waals surface area (Å²) in [5, 5.41) is 2.60. The SMILES string of the molecule is C[Si](C)(C)C#CC1=C(C#C[Si](C)(C)C)c2cccc3cccc1c23. The maximum Gasteiger partial charge on any atom is 0.129 e. The van der Waals surface area contributed by atoms with Crippen molar-refractivity contribution in [1.82, 2.24) is 0 Å². The molecule has 0 heterocycles. The molecular formula is C22H24Si2. The Morgan fingerprint density at radius 3 is 1.42 bits per heavy atom. The lowest BCUT2D eigenvalue weighted by atomic mass is 10.0. The Morgan fingerprint density at radius 1 is 0.625 bits per heavy atom. The van der Waals surface area contributed by atoms with Gasteiger partial charge in [0.1, 0.15) is 16.1 Å². The zero-order valence-electron chi connectivity index (χ0n) is 15.5. The van der Waals surface area contributed by atoms with Gasteiger partial charge >= 0.3 is 0 Å². The molecule has 0 saturated carbocycles. The molecule has 0 N–H and O–H groups in total. The van der Waals surface area contributed by atoms with Gasteiger partial charge in [-0.2, -0.15) is 0 Å². The molecule has 0 atom stereocenters. The smallest absolute Gasteiger partial charge is 0.127 e. The molecule has 3 rings (SSSR count). The molecule has 0 fully saturated rings. The second kappa shape index (κ2) is 5.81. The van der Waals surface area contributed by atoms with E-state index in [2.05, 4.69) is 98.6 Å². The first-order valence-corrected chi connectivity index (χ1v) is 15.5. The predicted octanol–water partition coefficient (Wildman–Crippen LogP) is 5.83. The summed E-state index contributed by atoms with van der Waals surface area (Å²) in [6.07, 6.45) is 0. The minimum absolute atomic E-state index is 1.13. The van der Waals surface area contributed by atoms with Crippen LogP contribution in [-0.2, 0) is 0 Å². The van der Waals surface area contributed by atoms with E-state index >= 15 is 0 Å². The van der Waals surface area contributed by atoms with Crippen LogP contribution in [0.25, 0.3) is 21.9 Å². The van der Waals surface area contributed by atoms with Gasteiger partial charge in [-0.05, 0) is 21.9 Å². The Hall–Kier alpha value is -2.01. The average molecular weight is 345 g/mol. The summed E-state index contributed by atoms with van der Waals surface area (Å²) in [6, 6.07) is 13.0. The zero-order chi connectivity index (χ0) is 17.5. The maximum absolute atomic E-state index is 3.54. The van der Waals surface area contributed by atoms with Crippen molar-refractivity contribution in [1.29, 1.82) is 0 Å². The molecular weight excluding hydrogens is 320 g/mol. The van der Waals surface area contributed by atoms with Gasteiger partial charge in [-0.15, -0.1) is 11.1 Å². The van der Waals surface area contributed by atoms with Gasteiger partial charge in [-0.1, -0.05) is 87.5 Å². The van der Waals surface area contributed by atoms with Crippen LogP contribution in [0.3, 0.4) is 0 Å². The second-order valence-corrected chi connectivity index (χ2v) is 18.0. The highest BCUT2D eigenvalue weighted by Crippen LogP contribution is 2.41.